The van der Waals surface area contributed by atoms with Crippen molar-refractivity contribution < 1.29 is 9.53 Å². The Balaban J connectivity index is 2.56. The summed E-state index contributed by atoms with van der Waals surface area (Å²) in [5.74, 6) is 6.33. The first-order valence-corrected chi connectivity index (χ1v) is 7.54. The van der Waals surface area contributed by atoms with Gasteiger partial charge in [-0.15, -0.1) is 0 Å². The highest BCUT2D eigenvalue weighted by molar-refractivity contribution is 5.89. The van der Waals surface area contributed by atoms with E-state index in [1.54, 1.807) is 12.1 Å². The average Bonchev–Trinajstić information content (AvgIpc) is 2.50. The van der Waals surface area contributed by atoms with Crippen LogP contribution in [0.1, 0.15) is 38.1 Å². The summed E-state index contributed by atoms with van der Waals surface area (Å²) >= 11 is 0. The van der Waals surface area contributed by atoms with Crippen LogP contribution in [0.2, 0.25) is 0 Å². The van der Waals surface area contributed by atoms with E-state index in [1.165, 1.54) is 0 Å². The van der Waals surface area contributed by atoms with Crippen molar-refractivity contribution in [3.8, 4) is 11.8 Å². The smallest absolute Gasteiger partial charge is 0.339 e. The van der Waals surface area contributed by atoms with Gasteiger partial charge in [0.15, 0.2) is 6.61 Å². The molecule has 114 valence electrons. The predicted octanol–water partition coefficient (Wildman–Crippen LogP) is 3.21. The average molecular weight is 287 g/mol. The molecule has 1 aromatic carbocycles. The van der Waals surface area contributed by atoms with Crippen molar-refractivity contribution in [2.45, 2.75) is 33.7 Å². The van der Waals surface area contributed by atoms with Gasteiger partial charge in [-0.3, -0.25) is 4.90 Å². The second-order valence-electron chi connectivity index (χ2n) is 5.17. The second kappa shape index (κ2) is 9.20. The zero-order chi connectivity index (χ0) is 15.7. The molecule has 0 bridgehead atoms. The molecule has 0 fully saturated rings. The van der Waals surface area contributed by atoms with E-state index in [1.807, 2.05) is 18.2 Å². The summed E-state index contributed by atoms with van der Waals surface area (Å²) in [5.41, 5.74) is 0.559. The number of ether oxygens (including phenoxy) is 1. The number of nitrogens with zero attached hydrogens (tertiary/aromatic N) is 1. The van der Waals surface area contributed by atoms with Crippen LogP contribution < -0.4 is 0 Å². The minimum absolute atomic E-state index is 0.137. The molecule has 1 rings (SSSR count). The quantitative estimate of drug-likeness (QED) is 0.594. The van der Waals surface area contributed by atoms with Crippen molar-refractivity contribution >= 4 is 5.97 Å². The first-order valence-electron chi connectivity index (χ1n) is 7.54. The van der Waals surface area contributed by atoms with Gasteiger partial charge < -0.3 is 4.74 Å². The number of hydrogen-bond acceptors (Lipinski definition) is 3. The maximum absolute atomic E-state index is 11.8. The van der Waals surface area contributed by atoms with Gasteiger partial charge in [-0.05, 0) is 31.1 Å². The summed E-state index contributed by atoms with van der Waals surface area (Å²) < 4.78 is 5.17. The minimum atomic E-state index is -0.325. The number of carbonyl (C=O) groups excluding carboxylic acids is 1. The molecule has 0 aliphatic heterocycles. The Kier molecular flexibility index (Phi) is 7.56. The molecule has 1 atom stereocenters. The summed E-state index contributed by atoms with van der Waals surface area (Å²) in [6.45, 7) is 10.7. The number of benzene rings is 1. The third-order valence-electron chi connectivity index (χ3n) is 3.37. The summed E-state index contributed by atoms with van der Waals surface area (Å²) in [6.07, 6.45) is 0. The molecule has 3 nitrogen and oxygen atoms in total. The Morgan fingerprint density at radius 1 is 1.19 bits per heavy atom. The van der Waals surface area contributed by atoms with Crippen LogP contribution in [0.4, 0.5) is 0 Å². The number of hydrogen-bond donors (Lipinski definition) is 0. The fourth-order valence-corrected chi connectivity index (χ4v) is 2.20. The lowest BCUT2D eigenvalue weighted by molar-refractivity contribution is 0.0556. The molecule has 0 aromatic heterocycles. The van der Waals surface area contributed by atoms with Crippen molar-refractivity contribution in [3.05, 3.63) is 35.9 Å². The van der Waals surface area contributed by atoms with Gasteiger partial charge in [0.1, 0.15) is 0 Å². The first kappa shape index (κ1) is 17.3. The summed E-state index contributed by atoms with van der Waals surface area (Å²) in [4.78, 5) is 14.1. The largest absolute Gasteiger partial charge is 0.449 e. The van der Waals surface area contributed by atoms with Crippen LogP contribution in [0.3, 0.4) is 0 Å². The molecule has 0 aliphatic carbocycles. The standard InChI is InChI=1S/C18H25NO2/c1-5-19(6-2)17(15(3)4)13-10-14-21-18(20)16-11-8-7-9-12-16/h7-9,11-12,15,17H,5-6,14H2,1-4H3/t17-/m1/s1. The topological polar surface area (TPSA) is 29.5 Å². The molecule has 0 aliphatic rings. The molecule has 1 aromatic rings. The first-order chi connectivity index (χ1) is 10.1. The third kappa shape index (κ3) is 5.61. The van der Waals surface area contributed by atoms with Crippen LogP contribution in [0.25, 0.3) is 0 Å². The minimum Gasteiger partial charge on any atom is -0.449 e. The van der Waals surface area contributed by atoms with Gasteiger partial charge in [0.2, 0.25) is 0 Å². The Hall–Kier alpha value is -1.79. The Morgan fingerprint density at radius 3 is 2.33 bits per heavy atom. The Morgan fingerprint density at radius 2 is 1.81 bits per heavy atom. The van der Waals surface area contributed by atoms with Crippen LogP contribution in [0, 0.1) is 17.8 Å². The van der Waals surface area contributed by atoms with Crippen LogP contribution in [-0.2, 0) is 4.74 Å². The van der Waals surface area contributed by atoms with Gasteiger partial charge in [0.25, 0.3) is 0 Å². The number of esters is 1. The molecule has 0 amide bonds. The van der Waals surface area contributed by atoms with Crippen LogP contribution in [-0.4, -0.2) is 36.6 Å². The number of rotatable bonds is 6. The van der Waals surface area contributed by atoms with Gasteiger partial charge in [0, 0.05) is 0 Å². The highest BCUT2D eigenvalue weighted by Crippen LogP contribution is 2.09. The molecule has 0 unspecified atom stereocenters. The lowest BCUT2D eigenvalue weighted by Crippen LogP contribution is -2.37. The highest BCUT2D eigenvalue weighted by atomic mass is 16.5. The van der Waals surface area contributed by atoms with E-state index in [4.69, 9.17) is 4.74 Å². The zero-order valence-corrected chi connectivity index (χ0v) is 13.4. The van der Waals surface area contributed by atoms with Crippen molar-refractivity contribution in [2.75, 3.05) is 19.7 Å². The fraction of sp³-hybridized carbons (Fsp3) is 0.500. The van der Waals surface area contributed by atoms with E-state index >= 15 is 0 Å². The molecule has 0 saturated carbocycles. The van der Waals surface area contributed by atoms with Crippen molar-refractivity contribution in [1.82, 2.24) is 4.90 Å². The van der Waals surface area contributed by atoms with E-state index in [0.717, 1.165) is 13.1 Å². The molecule has 0 saturated heterocycles. The molecule has 0 N–H and O–H groups in total. The van der Waals surface area contributed by atoms with Gasteiger partial charge in [-0.1, -0.05) is 57.7 Å². The van der Waals surface area contributed by atoms with Crippen molar-refractivity contribution in [2.24, 2.45) is 5.92 Å². The van der Waals surface area contributed by atoms with Gasteiger partial charge in [-0.25, -0.2) is 4.79 Å². The van der Waals surface area contributed by atoms with E-state index < -0.39 is 0 Å². The molecule has 0 radical (unpaired) electrons. The second-order valence-corrected chi connectivity index (χ2v) is 5.17. The van der Waals surface area contributed by atoms with Crippen molar-refractivity contribution in [3.63, 3.8) is 0 Å². The maximum atomic E-state index is 11.8. The fourth-order valence-electron chi connectivity index (χ4n) is 2.20. The lowest BCUT2D eigenvalue weighted by atomic mass is 10.0. The lowest BCUT2D eigenvalue weighted by Gasteiger charge is -2.28. The SMILES string of the molecule is CCN(CC)[C@H](C#CCOC(=O)c1ccccc1)C(C)C. The van der Waals surface area contributed by atoms with Crippen molar-refractivity contribution in [1.29, 1.82) is 0 Å². The van der Waals surface area contributed by atoms with Gasteiger partial charge >= 0.3 is 5.97 Å². The summed E-state index contributed by atoms with van der Waals surface area (Å²) in [5, 5.41) is 0. The van der Waals surface area contributed by atoms with E-state index in [2.05, 4.69) is 44.4 Å². The molecule has 0 heterocycles. The Labute approximate surface area is 128 Å². The zero-order valence-electron chi connectivity index (χ0n) is 13.4. The monoisotopic (exact) mass is 287 g/mol. The Bertz CT molecular complexity index is 481. The van der Waals surface area contributed by atoms with Crippen LogP contribution >= 0.6 is 0 Å². The third-order valence-corrected chi connectivity index (χ3v) is 3.37. The molecule has 3 heteroatoms. The van der Waals surface area contributed by atoms with Gasteiger partial charge in [-0.2, -0.15) is 0 Å². The summed E-state index contributed by atoms with van der Waals surface area (Å²) in [6, 6.07) is 9.18. The van der Waals surface area contributed by atoms with E-state index in [-0.39, 0.29) is 18.6 Å². The normalized spacial score (nSPS) is 11.9. The van der Waals surface area contributed by atoms with Crippen LogP contribution in [0.5, 0.6) is 0 Å². The molecular weight excluding hydrogens is 262 g/mol. The number of carbonyl (C=O) groups is 1. The molecule has 21 heavy (non-hydrogen) atoms. The van der Waals surface area contributed by atoms with E-state index in [9.17, 15) is 4.79 Å². The van der Waals surface area contributed by atoms with E-state index in [0.29, 0.717) is 11.5 Å². The van der Waals surface area contributed by atoms with Crippen LogP contribution in [0.15, 0.2) is 30.3 Å². The van der Waals surface area contributed by atoms with Gasteiger partial charge in [0.05, 0.1) is 11.6 Å². The molecular formula is C18H25NO2. The predicted molar refractivity (Wildman–Crippen MR) is 86.0 cm³/mol. The summed E-state index contributed by atoms with van der Waals surface area (Å²) in [7, 11) is 0. The maximum Gasteiger partial charge on any atom is 0.339 e. The molecule has 0 spiro atoms. The highest BCUT2D eigenvalue weighted by Gasteiger charge is 2.16.